The summed E-state index contributed by atoms with van der Waals surface area (Å²) in [6, 6.07) is 0. The Morgan fingerprint density at radius 3 is 1.77 bits per heavy atom. The molecule has 0 radical (unpaired) electrons. The number of hydrogen-bond donors (Lipinski definition) is 3. The number of hydrogen-bond acceptors (Lipinski definition) is 6. The first-order chi connectivity index (χ1) is 29.7. The van der Waals surface area contributed by atoms with Gasteiger partial charge in [-0.15, -0.1) is 0 Å². The highest BCUT2D eigenvalue weighted by molar-refractivity contribution is 7.86. The molecule has 3 aromatic rings. The zero-order valence-corrected chi connectivity index (χ0v) is 36.1. The third-order valence-corrected chi connectivity index (χ3v) is 13.1. The van der Waals surface area contributed by atoms with Crippen LogP contribution in [0.5, 0.6) is 0 Å². The first-order valence-corrected chi connectivity index (χ1v) is 23.0. The van der Waals surface area contributed by atoms with Crippen LogP contribution in [0.4, 0.5) is 55.3 Å². The number of carbonyl (C=O) groups is 1. The van der Waals surface area contributed by atoms with Gasteiger partial charge in [0.25, 0.3) is 20.2 Å². The van der Waals surface area contributed by atoms with Crippen LogP contribution in [0.15, 0.2) is 36.1 Å². The molecule has 64 heavy (non-hydrogen) atoms. The van der Waals surface area contributed by atoms with Crippen LogP contribution in [0, 0.1) is 58.2 Å². The van der Waals surface area contributed by atoms with Crippen molar-refractivity contribution in [2.45, 2.75) is 89.4 Å². The predicted molar refractivity (Wildman–Crippen MR) is 216 cm³/mol. The molecule has 350 valence electrons. The van der Waals surface area contributed by atoms with Crippen molar-refractivity contribution in [2.75, 3.05) is 29.5 Å². The summed E-state index contributed by atoms with van der Waals surface area (Å²) in [6.45, 7) is 3.57. The maximum atomic E-state index is 16.0. The SMILES string of the molecule is CC1(C)C(C=CC=CC=C2N(CCCCCC(=O)O)c3c(F)c(F)c(F)c(F)c3C2(C)CCCCS(=O)(=O)O)=[N+](CCCCS(=O)(=O)O)c2c(F)c(F)c3c(F)c(F)c(F)c(F)c3c21. The second-order valence-electron chi connectivity index (χ2n) is 16.2. The molecule has 2 heterocycles. The smallest absolute Gasteiger partial charge is 0.303 e. The van der Waals surface area contributed by atoms with Crippen LogP contribution in [-0.4, -0.2) is 71.9 Å². The average molecular weight is 958 g/mol. The van der Waals surface area contributed by atoms with Gasteiger partial charge in [0.05, 0.1) is 33.6 Å². The zero-order valence-electron chi connectivity index (χ0n) is 34.5. The monoisotopic (exact) mass is 957 g/mol. The van der Waals surface area contributed by atoms with Gasteiger partial charge in [-0.05, 0) is 59.0 Å². The molecule has 0 bridgehead atoms. The molecule has 0 spiro atoms. The third kappa shape index (κ3) is 9.74. The Bertz CT molecular complexity index is 2760. The standard InChI is InChI=1S/C42H42F10N2O8S2/c1-41(2)22(53(19-11-13-21-64(60,61)62)39-27(41)25-26(31(45)37(39)51)30(44)34(48)33(47)29(25)43)14-6-4-7-15-23-42(3,17-9-12-20-63(57,58)59)28-32(46)35(49)36(50)38(52)40(28)54(23)18-10-5-8-16-24(55)56/h4,6-7,14-15H,5,8-13,16-21H2,1-3H3,(H2-,55,56,57,58,59,60,61,62)/p+1. The highest BCUT2D eigenvalue weighted by Crippen LogP contribution is 2.54. The number of carboxylic acids is 1. The van der Waals surface area contributed by atoms with E-state index in [1.54, 1.807) is 0 Å². The van der Waals surface area contributed by atoms with Crippen molar-refractivity contribution in [1.29, 1.82) is 0 Å². The van der Waals surface area contributed by atoms with Crippen molar-refractivity contribution >= 4 is 54.1 Å². The maximum absolute atomic E-state index is 16.0. The van der Waals surface area contributed by atoms with Crippen molar-refractivity contribution in [3.8, 4) is 0 Å². The normalized spacial score (nSPS) is 18.2. The van der Waals surface area contributed by atoms with Crippen molar-refractivity contribution in [3.63, 3.8) is 0 Å². The molecule has 2 aliphatic rings. The van der Waals surface area contributed by atoms with Crippen LogP contribution < -0.4 is 4.90 Å². The number of aliphatic carboxylic acids is 1. The lowest BCUT2D eigenvalue weighted by molar-refractivity contribution is -0.440. The molecule has 1 unspecified atom stereocenters. The van der Waals surface area contributed by atoms with Crippen molar-refractivity contribution in [3.05, 3.63) is 105 Å². The van der Waals surface area contributed by atoms with Crippen LogP contribution >= 0.6 is 0 Å². The minimum absolute atomic E-state index is 0.0111. The van der Waals surface area contributed by atoms with Gasteiger partial charge in [0.2, 0.25) is 11.5 Å². The topological polar surface area (TPSA) is 152 Å². The molecule has 1 atom stereocenters. The Morgan fingerprint density at radius 1 is 0.625 bits per heavy atom. The van der Waals surface area contributed by atoms with Crippen molar-refractivity contribution in [2.24, 2.45) is 0 Å². The predicted octanol–water partition coefficient (Wildman–Crippen LogP) is 9.75. The van der Waals surface area contributed by atoms with Gasteiger partial charge >= 0.3 is 5.97 Å². The molecule has 0 amide bonds. The van der Waals surface area contributed by atoms with E-state index in [9.17, 15) is 48.3 Å². The molecule has 3 N–H and O–H groups in total. The number of fused-ring (bicyclic) bond motifs is 4. The number of benzene rings is 3. The number of anilines is 1. The summed E-state index contributed by atoms with van der Waals surface area (Å²) in [5.41, 5.74) is -5.74. The van der Waals surface area contributed by atoms with Crippen LogP contribution in [-0.2, 0) is 35.9 Å². The van der Waals surface area contributed by atoms with E-state index < -0.39 is 140 Å². The molecule has 0 aromatic heterocycles. The number of nitrogens with zero attached hydrogens (tertiary/aromatic N) is 2. The summed E-state index contributed by atoms with van der Waals surface area (Å²) in [7, 11) is -8.91. The Morgan fingerprint density at radius 2 is 1.17 bits per heavy atom. The Labute approximate surface area is 361 Å². The minimum atomic E-state index is -4.46. The van der Waals surface area contributed by atoms with Gasteiger partial charge < -0.3 is 10.0 Å². The molecule has 2 aliphatic heterocycles. The van der Waals surface area contributed by atoms with Gasteiger partial charge in [0, 0.05) is 47.5 Å². The molecule has 10 nitrogen and oxygen atoms in total. The van der Waals surface area contributed by atoms with E-state index >= 15 is 26.3 Å². The molecule has 0 fully saturated rings. The van der Waals surface area contributed by atoms with Gasteiger partial charge in [-0.3, -0.25) is 13.9 Å². The fourth-order valence-electron chi connectivity index (χ4n) is 8.57. The number of rotatable bonds is 19. The minimum Gasteiger partial charge on any atom is -0.481 e. The summed E-state index contributed by atoms with van der Waals surface area (Å²) in [4.78, 5) is 12.3. The zero-order chi connectivity index (χ0) is 47.9. The summed E-state index contributed by atoms with van der Waals surface area (Å²) in [5, 5.41) is 6.45. The average Bonchev–Trinajstić information content (AvgIpc) is 3.57. The first kappa shape index (κ1) is 50.2. The van der Waals surface area contributed by atoms with Gasteiger partial charge in [-0.25, -0.2) is 39.5 Å². The second kappa shape index (κ2) is 19.0. The summed E-state index contributed by atoms with van der Waals surface area (Å²) < 4.78 is 218. The number of unbranched alkanes of at least 4 members (excludes halogenated alkanes) is 4. The second-order valence-corrected chi connectivity index (χ2v) is 19.4. The van der Waals surface area contributed by atoms with Crippen LogP contribution in [0.3, 0.4) is 0 Å². The lowest BCUT2D eigenvalue weighted by atomic mass is 9.76. The molecular weight excluding hydrogens is 915 g/mol. The van der Waals surface area contributed by atoms with Crippen LogP contribution in [0.25, 0.3) is 10.8 Å². The maximum Gasteiger partial charge on any atom is 0.303 e. The molecule has 0 saturated carbocycles. The lowest BCUT2D eigenvalue weighted by Gasteiger charge is -2.30. The van der Waals surface area contributed by atoms with Gasteiger partial charge in [-0.1, -0.05) is 31.1 Å². The summed E-state index contributed by atoms with van der Waals surface area (Å²) in [5.74, 6) is -22.9. The number of halogens is 10. The van der Waals surface area contributed by atoms with Crippen molar-refractivity contribution < 1.29 is 84.3 Å². The molecular formula is C42H43F10N2O8S2+. The van der Waals surface area contributed by atoms with Crippen LogP contribution in [0.1, 0.15) is 89.7 Å². The highest BCUT2D eigenvalue weighted by Gasteiger charge is 2.51. The molecule has 22 heteroatoms. The summed E-state index contributed by atoms with van der Waals surface area (Å²) >= 11 is 0. The van der Waals surface area contributed by atoms with Crippen LogP contribution in [0.2, 0.25) is 0 Å². The fraction of sp³-hybridized carbons (Fsp3) is 0.429. The quantitative estimate of drug-likeness (QED) is 0.0203. The molecule has 0 aliphatic carbocycles. The van der Waals surface area contributed by atoms with Gasteiger partial charge in [0.15, 0.2) is 58.1 Å². The summed E-state index contributed by atoms with van der Waals surface area (Å²) in [6.07, 6.45) is 6.08. The fourth-order valence-corrected chi connectivity index (χ4v) is 9.71. The number of allylic oxidation sites excluding steroid dienone is 6. The first-order valence-electron chi connectivity index (χ1n) is 19.8. The third-order valence-electron chi connectivity index (χ3n) is 11.5. The molecule has 0 saturated heterocycles. The molecule has 5 rings (SSSR count). The van der Waals surface area contributed by atoms with Crippen molar-refractivity contribution in [1.82, 2.24) is 0 Å². The van der Waals surface area contributed by atoms with E-state index in [1.807, 2.05) is 0 Å². The van der Waals surface area contributed by atoms with E-state index in [4.69, 9.17) is 5.11 Å². The van der Waals surface area contributed by atoms with E-state index in [0.717, 1.165) is 4.58 Å². The Kier molecular flexibility index (Phi) is 14.9. The largest absolute Gasteiger partial charge is 0.481 e. The number of carboxylic acid groups (broad SMARTS) is 1. The van der Waals surface area contributed by atoms with E-state index in [1.165, 1.54) is 56.1 Å². The highest BCUT2D eigenvalue weighted by atomic mass is 32.2. The van der Waals surface area contributed by atoms with Gasteiger partial charge in [-0.2, -0.15) is 25.8 Å². The Hall–Kier alpha value is -4.80. The van der Waals surface area contributed by atoms with E-state index in [2.05, 4.69) is 0 Å². The molecule has 3 aromatic carbocycles. The van der Waals surface area contributed by atoms with E-state index in [0.29, 0.717) is 0 Å². The lowest BCUT2D eigenvalue weighted by Crippen LogP contribution is -2.30. The van der Waals surface area contributed by atoms with E-state index in [-0.39, 0.29) is 82.3 Å². The van der Waals surface area contributed by atoms with Gasteiger partial charge in [0.1, 0.15) is 6.54 Å². The Balaban J connectivity index is 1.64.